The zero-order valence-electron chi connectivity index (χ0n) is 11.8. The molecule has 0 aliphatic heterocycles. The number of anilines is 1. The van der Waals surface area contributed by atoms with Crippen molar-refractivity contribution in [2.24, 2.45) is 0 Å². The monoisotopic (exact) mass is 275 g/mol. The number of thiazole rings is 1. The second-order valence-electron chi connectivity index (χ2n) is 4.86. The Balaban J connectivity index is 1.89. The lowest BCUT2D eigenvalue weighted by atomic mass is 10.2. The Morgan fingerprint density at radius 2 is 1.95 bits per heavy atom. The molecule has 1 aromatic heterocycles. The molecule has 0 aliphatic rings. The number of aryl methyl sites for hydroxylation is 1. The maximum atomic E-state index is 4.37. The van der Waals surface area contributed by atoms with Crippen LogP contribution in [0.1, 0.15) is 22.4 Å². The van der Waals surface area contributed by atoms with Gasteiger partial charge in [-0.2, -0.15) is 0 Å². The van der Waals surface area contributed by atoms with Gasteiger partial charge in [0.15, 0.2) is 0 Å². The molecule has 2 aromatic rings. The maximum Gasteiger partial charge on any atom is 0.0925 e. The van der Waals surface area contributed by atoms with Gasteiger partial charge in [0.1, 0.15) is 0 Å². The lowest BCUT2D eigenvalue weighted by Gasteiger charge is -2.10. The van der Waals surface area contributed by atoms with Gasteiger partial charge >= 0.3 is 0 Å². The summed E-state index contributed by atoms with van der Waals surface area (Å²) in [7, 11) is 4.17. The summed E-state index contributed by atoms with van der Waals surface area (Å²) in [5.41, 5.74) is 2.50. The number of hydrogen-bond acceptors (Lipinski definition) is 4. The molecule has 1 aromatic carbocycles. The average molecular weight is 275 g/mol. The molecule has 0 radical (unpaired) electrons. The molecule has 0 fully saturated rings. The maximum absolute atomic E-state index is 4.37. The molecule has 1 N–H and O–H groups in total. The first-order valence-corrected chi connectivity index (χ1v) is 7.40. The van der Waals surface area contributed by atoms with E-state index in [-0.39, 0.29) is 0 Å². The van der Waals surface area contributed by atoms with E-state index in [2.05, 4.69) is 60.5 Å². The first-order valence-electron chi connectivity index (χ1n) is 6.58. The van der Waals surface area contributed by atoms with Crippen LogP contribution in [0.25, 0.3) is 0 Å². The highest BCUT2D eigenvalue weighted by molar-refractivity contribution is 7.11. The summed E-state index contributed by atoms with van der Waals surface area (Å²) < 4.78 is 0. The molecule has 3 nitrogen and oxygen atoms in total. The standard InChI is InChI=1S/C15H21N3S/c1-4-15-17-10-14(19-15)9-16-13-7-5-12(6-8-13)11-18(2)3/h5-8,10,16H,4,9,11H2,1-3H3. The van der Waals surface area contributed by atoms with E-state index in [4.69, 9.17) is 0 Å². The summed E-state index contributed by atoms with van der Waals surface area (Å²) in [6.07, 6.45) is 2.99. The van der Waals surface area contributed by atoms with Gasteiger partial charge in [-0.15, -0.1) is 11.3 Å². The fourth-order valence-electron chi connectivity index (χ4n) is 1.88. The smallest absolute Gasteiger partial charge is 0.0925 e. The van der Waals surface area contributed by atoms with Crippen molar-refractivity contribution in [2.75, 3.05) is 19.4 Å². The van der Waals surface area contributed by atoms with Crippen LogP contribution < -0.4 is 5.32 Å². The zero-order valence-corrected chi connectivity index (χ0v) is 12.6. The minimum absolute atomic E-state index is 0.852. The quantitative estimate of drug-likeness (QED) is 0.876. The van der Waals surface area contributed by atoms with Crippen molar-refractivity contribution < 1.29 is 0 Å². The Labute approximate surface area is 119 Å². The largest absolute Gasteiger partial charge is 0.380 e. The minimum atomic E-state index is 0.852. The molecule has 0 spiro atoms. The summed E-state index contributed by atoms with van der Waals surface area (Å²) >= 11 is 1.78. The highest BCUT2D eigenvalue weighted by Crippen LogP contribution is 2.16. The van der Waals surface area contributed by atoms with Gasteiger partial charge in [-0.1, -0.05) is 19.1 Å². The second kappa shape index (κ2) is 6.68. The fourth-order valence-corrected chi connectivity index (χ4v) is 2.68. The van der Waals surface area contributed by atoms with Gasteiger partial charge in [0, 0.05) is 23.3 Å². The van der Waals surface area contributed by atoms with Gasteiger partial charge in [-0.25, -0.2) is 4.98 Å². The Hall–Kier alpha value is -1.39. The molecular formula is C15H21N3S. The van der Waals surface area contributed by atoms with Crippen LogP contribution in [0.15, 0.2) is 30.5 Å². The molecule has 2 rings (SSSR count). The molecule has 0 unspecified atom stereocenters. The molecule has 0 amide bonds. The van der Waals surface area contributed by atoms with Crippen molar-refractivity contribution in [3.05, 3.63) is 45.9 Å². The molecule has 1 heterocycles. The number of nitrogens with zero attached hydrogens (tertiary/aromatic N) is 2. The third-order valence-corrected chi connectivity index (χ3v) is 3.97. The van der Waals surface area contributed by atoms with Gasteiger partial charge in [0.25, 0.3) is 0 Å². The summed E-state index contributed by atoms with van der Waals surface area (Å²) in [6.45, 7) is 3.97. The topological polar surface area (TPSA) is 28.2 Å². The van der Waals surface area contributed by atoms with E-state index in [1.54, 1.807) is 11.3 Å². The summed E-state index contributed by atoms with van der Waals surface area (Å²) in [6, 6.07) is 8.63. The van der Waals surface area contributed by atoms with Crippen LogP contribution in [-0.4, -0.2) is 24.0 Å². The highest BCUT2D eigenvalue weighted by Gasteiger charge is 2.00. The molecule has 102 valence electrons. The van der Waals surface area contributed by atoms with Crippen molar-refractivity contribution in [3.8, 4) is 0 Å². The van der Waals surface area contributed by atoms with Crippen LogP contribution >= 0.6 is 11.3 Å². The molecule has 4 heteroatoms. The molecule has 0 atom stereocenters. The van der Waals surface area contributed by atoms with E-state index in [1.165, 1.54) is 15.4 Å². The summed E-state index contributed by atoms with van der Waals surface area (Å²) in [4.78, 5) is 7.83. The van der Waals surface area contributed by atoms with Crippen molar-refractivity contribution >= 4 is 17.0 Å². The van der Waals surface area contributed by atoms with Gasteiger partial charge in [0.2, 0.25) is 0 Å². The minimum Gasteiger partial charge on any atom is -0.380 e. The third kappa shape index (κ3) is 4.33. The third-order valence-electron chi connectivity index (χ3n) is 2.82. The Bertz CT molecular complexity index is 502. The number of benzene rings is 1. The molecular weight excluding hydrogens is 254 g/mol. The first kappa shape index (κ1) is 14.0. The van der Waals surface area contributed by atoms with Crippen LogP contribution in [0, 0.1) is 0 Å². The van der Waals surface area contributed by atoms with E-state index in [9.17, 15) is 0 Å². The van der Waals surface area contributed by atoms with Gasteiger partial charge in [-0.3, -0.25) is 0 Å². The van der Waals surface area contributed by atoms with Crippen molar-refractivity contribution in [2.45, 2.75) is 26.4 Å². The van der Waals surface area contributed by atoms with E-state index < -0.39 is 0 Å². The van der Waals surface area contributed by atoms with E-state index in [1.807, 2.05) is 6.20 Å². The predicted molar refractivity (Wildman–Crippen MR) is 82.7 cm³/mol. The normalized spacial score (nSPS) is 10.9. The Kier molecular flexibility index (Phi) is 4.93. The van der Waals surface area contributed by atoms with E-state index in [0.29, 0.717) is 0 Å². The van der Waals surface area contributed by atoms with E-state index >= 15 is 0 Å². The van der Waals surface area contributed by atoms with Crippen molar-refractivity contribution in [1.82, 2.24) is 9.88 Å². The second-order valence-corrected chi connectivity index (χ2v) is 6.06. The van der Waals surface area contributed by atoms with Crippen LogP contribution in [0.4, 0.5) is 5.69 Å². The van der Waals surface area contributed by atoms with Crippen LogP contribution in [-0.2, 0) is 19.5 Å². The predicted octanol–water partition coefficient (Wildman–Crippen LogP) is 3.38. The molecule has 0 saturated heterocycles. The highest BCUT2D eigenvalue weighted by atomic mass is 32.1. The van der Waals surface area contributed by atoms with E-state index in [0.717, 1.165) is 25.2 Å². The van der Waals surface area contributed by atoms with Gasteiger partial charge in [-0.05, 0) is 38.2 Å². The lowest BCUT2D eigenvalue weighted by molar-refractivity contribution is 0.402. The average Bonchev–Trinajstić information content (AvgIpc) is 2.85. The number of hydrogen-bond donors (Lipinski definition) is 1. The lowest BCUT2D eigenvalue weighted by Crippen LogP contribution is -2.10. The number of rotatable bonds is 6. The van der Waals surface area contributed by atoms with Crippen LogP contribution in [0.3, 0.4) is 0 Å². The summed E-state index contributed by atoms with van der Waals surface area (Å²) in [5, 5.41) is 4.64. The molecule has 19 heavy (non-hydrogen) atoms. The molecule has 0 bridgehead atoms. The summed E-state index contributed by atoms with van der Waals surface area (Å²) in [5.74, 6) is 0. The van der Waals surface area contributed by atoms with Crippen molar-refractivity contribution in [1.29, 1.82) is 0 Å². The number of aromatic nitrogens is 1. The van der Waals surface area contributed by atoms with Gasteiger partial charge < -0.3 is 10.2 Å². The van der Waals surface area contributed by atoms with Crippen LogP contribution in [0.2, 0.25) is 0 Å². The first-order chi connectivity index (χ1) is 9.17. The Morgan fingerprint density at radius 3 is 2.53 bits per heavy atom. The van der Waals surface area contributed by atoms with Crippen molar-refractivity contribution in [3.63, 3.8) is 0 Å². The van der Waals surface area contributed by atoms with Gasteiger partial charge in [0.05, 0.1) is 11.6 Å². The van der Waals surface area contributed by atoms with Crippen LogP contribution in [0.5, 0.6) is 0 Å². The fraction of sp³-hybridized carbons (Fsp3) is 0.400. The SMILES string of the molecule is CCc1ncc(CNc2ccc(CN(C)C)cc2)s1. The zero-order chi connectivity index (χ0) is 13.7. The molecule has 0 saturated carbocycles. The number of nitrogens with one attached hydrogen (secondary N) is 1. The Morgan fingerprint density at radius 1 is 1.21 bits per heavy atom. The molecule has 0 aliphatic carbocycles.